The number of hydrogen-bond donors (Lipinski definition) is 1. The van der Waals surface area contributed by atoms with Crippen LogP contribution in [0.5, 0.6) is 0 Å². The highest BCUT2D eigenvalue weighted by Crippen LogP contribution is 2.10. The third-order valence-electron chi connectivity index (χ3n) is 3.39. The molecule has 4 heteroatoms. The number of aromatic nitrogens is 1. The summed E-state index contributed by atoms with van der Waals surface area (Å²) in [5, 5.41) is 3.35. The van der Waals surface area contributed by atoms with Crippen molar-refractivity contribution < 1.29 is 0 Å². The van der Waals surface area contributed by atoms with Crippen LogP contribution in [0, 0.1) is 0 Å². The minimum atomic E-state index is 0.532. The van der Waals surface area contributed by atoms with E-state index < -0.39 is 0 Å². The summed E-state index contributed by atoms with van der Waals surface area (Å²) in [5.41, 5.74) is 1.14. The zero-order valence-corrected chi connectivity index (χ0v) is 13.7. The molecule has 114 valence electrons. The van der Waals surface area contributed by atoms with E-state index in [2.05, 4.69) is 62.1 Å². The molecular weight excluding hydrogens is 248 g/mol. The van der Waals surface area contributed by atoms with Gasteiger partial charge in [0.15, 0.2) is 0 Å². The van der Waals surface area contributed by atoms with Crippen LogP contribution >= 0.6 is 0 Å². The molecule has 1 rings (SSSR count). The third-order valence-corrected chi connectivity index (χ3v) is 3.39. The Balaban J connectivity index is 2.64. The first-order chi connectivity index (χ1) is 9.56. The standard InChI is InChI=1S/C16H30N4/c1-6-11-17-16-10-8-9-15(18-16)13-20(7-2)14(3)12-19(4)5/h8-10,14H,6-7,11-13H2,1-5H3,(H,17,18). The van der Waals surface area contributed by atoms with Gasteiger partial charge in [-0.05, 0) is 46.1 Å². The molecule has 4 nitrogen and oxygen atoms in total. The number of likely N-dealkylation sites (N-methyl/N-ethyl adjacent to an activating group) is 2. The van der Waals surface area contributed by atoms with Gasteiger partial charge in [0.1, 0.15) is 5.82 Å². The third kappa shape index (κ3) is 5.88. The number of hydrogen-bond acceptors (Lipinski definition) is 4. The molecular formula is C16H30N4. The maximum atomic E-state index is 4.69. The van der Waals surface area contributed by atoms with Crippen molar-refractivity contribution in [3.8, 4) is 0 Å². The van der Waals surface area contributed by atoms with E-state index in [1.807, 2.05) is 6.07 Å². The van der Waals surface area contributed by atoms with Gasteiger partial charge in [0.2, 0.25) is 0 Å². The molecule has 1 heterocycles. The van der Waals surface area contributed by atoms with Gasteiger partial charge in [-0.1, -0.05) is 19.9 Å². The van der Waals surface area contributed by atoms with Crippen LogP contribution in [0.1, 0.15) is 32.9 Å². The van der Waals surface area contributed by atoms with Crippen molar-refractivity contribution in [3.05, 3.63) is 23.9 Å². The summed E-state index contributed by atoms with van der Waals surface area (Å²) >= 11 is 0. The Kier molecular flexibility index (Phi) is 7.55. The highest BCUT2D eigenvalue weighted by atomic mass is 15.2. The van der Waals surface area contributed by atoms with Gasteiger partial charge in [-0.2, -0.15) is 0 Å². The normalized spacial score (nSPS) is 12.9. The number of nitrogens with one attached hydrogen (secondary N) is 1. The van der Waals surface area contributed by atoms with E-state index in [1.165, 1.54) is 0 Å². The van der Waals surface area contributed by atoms with Crippen molar-refractivity contribution in [2.24, 2.45) is 0 Å². The molecule has 20 heavy (non-hydrogen) atoms. The topological polar surface area (TPSA) is 31.4 Å². The first kappa shape index (κ1) is 16.9. The van der Waals surface area contributed by atoms with E-state index in [9.17, 15) is 0 Å². The average Bonchev–Trinajstić information content (AvgIpc) is 2.42. The fourth-order valence-corrected chi connectivity index (χ4v) is 2.35. The van der Waals surface area contributed by atoms with Gasteiger partial charge < -0.3 is 10.2 Å². The molecule has 1 aromatic rings. The summed E-state index contributed by atoms with van der Waals surface area (Å²) in [5.74, 6) is 0.987. The summed E-state index contributed by atoms with van der Waals surface area (Å²) in [7, 11) is 4.25. The summed E-state index contributed by atoms with van der Waals surface area (Å²) in [6.07, 6.45) is 1.12. The second kappa shape index (κ2) is 8.93. The van der Waals surface area contributed by atoms with E-state index in [1.54, 1.807) is 0 Å². The molecule has 0 spiro atoms. The Morgan fingerprint density at radius 1 is 1.25 bits per heavy atom. The second-order valence-electron chi connectivity index (χ2n) is 5.62. The maximum absolute atomic E-state index is 4.69. The second-order valence-corrected chi connectivity index (χ2v) is 5.62. The minimum absolute atomic E-state index is 0.532. The summed E-state index contributed by atoms with van der Waals surface area (Å²) in [6.45, 7) is 10.7. The fraction of sp³-hybridized carbons (Fsp3) is 0.688. The van der Waals surface area contributed by atoms with E-state index in [4.69, 9.17) is 4.98 Å². The lowest BCUT2D eigenvalue weighted by atomic mass is 10.2. The number of anilines is 1. The fourth-order valence-electron chi connectivity index (χ4n) is 2.35. The lowest BCUT2D eigenvalue weighted by molar-refractivity contribution is 0.172. The zero-order chi connectivity index (χ0) is 15.0. The first-order valence-corrected chi connectivity index (χ1v) is 7.65. The molecule has 0 amide bonds. The molecule has 0 saturated carbocycles. The van der Waals surface area contributed by atoms with Gasteiger partial charge in [0.25, 0.3) is 0 Å². The van der Waals surface area contributed by atoms with Crippen molar-refractivity contribution in [1.82, 2.24) is 14.8 Å². The van der Waals surface area contributed by atoms with Gasteiger partial charge in [-0.3, -0.25) is 4.90 Å². The maximum Gasteiger partial charge on any atom is 0.126 e. The molecule has 0 fully saturated rings. The van der Waals surface area contributed by atoms with Crippen molar-refractivity contribution in [1.29, 1.82) is 0 Å². The van der Waals surface area contributed by atoms with Gasteiger partial charge in [-0.15, -0.1) is 0 Å². The van der Waals surface area contributed by atoms with Crippen LogP contribution in [0.25, 0.3) is 0 Å². The number of rotatable bonds is 9. The Morgan fingerprint density at radius 2 is 2.00 bits per heavy atom. The molecule has 1 unspecified atom stereocenters. The number of nitrogens with zero attached hydrogens (tertiary/aromatic N) is 3. The van der Waals surface area contributed by atoms with E-state index >= 15 is 0 Å². The van der Waals surface area contributed by atoms with Crippen molar-refractivity contribution in [3.63, 3.8) is 0 Å². The van der Waals surface area contributed by atoms with Gasteiger partial charge in [-0.25, -0.2) is 4.98 Å². The highest BCUT2D eigenvalue weighted by molar-refractivity contribution is 5.35. The Hall–Kier alpha value is -1.13. The molecule has 0 aliphatic rings. The Bertz CT molecular complexity index is 378. The molecule has 0 aliphatic carbocycles. The molecule has 0 radical (unpaired) electrons. The molecule has 0 aliphatic heterocycles. The quantitative estimate of drug-likeness (QED) is 0.752. The lowest BCUT2D eigenvalue weighted by Crippen LogP contribution is -2.39. The zero-order valence-electron chi connectivity index (χ0n) is 13.7. The van der Waals surface area contributed by atoms with Crippen LogP contribution < -0.4 is 5.32 Å². The first-order valence-electron chi connectivity index (χ1n) is 7.65. The number of pyridine rings is 1. The molecule has 0 aromatic carbocycles. The molecule has 0 bridgehead atoms. The van der Waals surface area contributed by atoms with Crippen molar-refractivity contribution in [2.75, 3.05) is 39.0 Å². The van der Waals surface area contributed by atoms with Gasteiger partial charge >= 0.3 is 0 Å². The van der Waals surface area contributed by atoms with Gasteiger partial charge in [0, 0.05) is 25.7 Å². The average molecular weight is 278 g/mol. The minimum Gasteiger partial charge on any atom is -0.370 e. The van der Waals surface area contributed by atoms with E-state index in [0.717, 1.165) is 44.1 Å². The SMILES string of the molecule is CCCNc1cccc(CN(CC)C(C)CN(C)C)n1. The predicted octanol–water partition coefficient (Wildman–Crippen LogP) is 2.68. The van der Waals surface area contributed by atoms with Crippen LogP contribution in [0.3, 0.4) is 0 Å². The van der Waals surface area contributed by atoms with Crippen molar-refractivity contribution in [2.45, 2.75) is 39.8 Å². The smallest absolute Gasteiger partial charge is 0.126 e. The van der Waals surface area contributed by atoms with E-state index in [0.29, 0.717) is 6.04 Å². The van der Waals surface area contributed by atoms with Crippen molar-refractivity contribution >= 4 is 5.82 Å². The Morgan fingerprint density at radius 3 is 2.60 bits per heavy atom. The Labute approximate surface area is 124 Å². The van der Waals surface area contributed by atoms with Crippen LogP contribution in [-0.4, -0.2) is 54.6 Å². The molecule has 1 atom stereocenters. The van der Waals surface area contributed by atoms with Crippen LogP contribution in [0.15, 0.2) is 18.2 Å². The summed E-state index contributed by atoms with van der Waals surface area (Å²) in [6, 6.07) is 6.77. The van der Waals surface area contributed by atoms with Crippen LogP contribution in [-0.2, 0) is 6.54 Å². The molecule has 1 aromatic heterocycles. The summed E-state index contributed by atoms with van der Waals surface area (Å²) in [4.78, 5) is 9.39. The molecule has 1 N–H and O–H groups in total. The van der Waals surface area contributed by atoms with Gasteiger partial charge in [0.05, 0.1) is 5.69 Å². The molecule has 0 saturated heterocycles. The van der Waals surface area contributed by atoms with Crippen LogP contribution in [0.2, 0.25) is 0 Å². The van der Waals surface area contributed by atoms with Crippen LogP contribution in [0.4, 0.5) is 5.82 Å². The summed E-state index contributed by atoms with van der Waals surface area (Å²) < 4.78 is 0. The monoisotopic (exact) mass is 278 g/mol. The van der Waals surface area contributed by atoms with E-state index in [-0.39, 0.29) is 0 Å². The highest BCUT2D eigenvalue weighted by Gasteiger charge is 2.14. The lowest BCUT2D eigenvalue weighted by Gasteiger charge is -2.29. The largest absolute Gasteiger partial charge is 0.370 e. The predicted molar refractivity (Wildman–Crippen MR) is 87.1 cm³/mol.